The van der Waals surface area contributed by atoms with E-state index >= 15 is 0 Å². The van der Waals surface area contributed by atoms with Crippen LogP contribution in [0.4, 0.5) is 0 Å². The number of hydrogen-bond donors (Lipinski definition) is 2. The Labute approximate surface area is 187 Å². The average molecular weight is 483 g/mol. The molecule has 0 saturated heterocycles. The van der Waals surface area contributed by atoms with Crippen molar-refractivity contribution >= 4 is 33.5 Å². The molecule has 0 bridgehead atoms. The van der Waals surface area contributed by atoms with Gasteiger partial charge in [0, 0.05) is 35.4 Å². The van der Waals surface area contributed by atoms with Gasteiger partial charge in [0.05, 0.1) is 6.10 Å². The van der Waals surface area contributed by atoms with Crippen molar-refractivity contribution in [2.45, 2.75) is 83.1 Å². The van der Waals surface area contributed by atoms with Crippen LogP contribution in [0, 0.1) is 46.3 Å². The van der Waals surface area contributed by atoms with E-state index in [1.807, 2.05) is 0 Å². The summed E-state index contributed by atoms with van der Waals surface area (Å²) in [6.45, 7) is 6.41. The number of halogens is 1. The second kappa shape index (κ2) is 7.68. The van der Waals surface area contributed by atoms with Gasteiger partial charge in [0.2, 0.25) is 0 Å². The fraction of sp³-hybridized carbons (Fsp3) is 0.875. The quantitative estimate of drug-likeness (QED) is 0.584. The number of carbonyl (C=O) groups excluding carboxylic acids is 2. The van der Waals surface area contributed by atoms with Crippen LogP contribution in [0.2, 0.25) is 0 Å². The molecule has 4 aliphatic carbocycles. The Hall–Kier alpha value is -0.750. The van der Waals surface area contributed by atoms with E-state index in [1.165, 1.54) is 0 Å². The SMILES string of the molecule is C[C@H](CCC(=O)O)[C@H]1CC[C@H]2[C@@H]3C(=O)C[C@@H]4[C@@H](Br)[C@H](O)CC[C@]4(C)[C@H]3CC(=O)[C@]12C. The van der Waals surface area contributed by atoms with Crippen LogP contribution in [0.1, 0.15) is 72.1 Å². The van der Waals surface area contributed by atoms with Gasteiger partial charge in [-0.05, 0) is 67.1 Å². The number of rotatable bonds is 4. The van der Waals surface area contributed by atoms with E-state index in [1.54, 1.807) is 0 Å². The number of hydrogen-bond acceptors (Lipinski definition) is 4. The van der Waals surface area contributed by atoms with Crippen molar-refractivity contribution in [3.63, 3.8) is 0 Å². The van der Waals surface area contributed by atoms with Crippen LogP contribution in [0.5, 0.6) is 0 Å². The Morgan fingerprint density at radius 3 is 2.50 bits per heavy atom. The molecule has 4 rings (SSSR count). The number of alkyl halides is 1. The number of aliphatic hydroxyl groups is 1. The molecule has 0 aromatic heterocycles. The summed E-state index contributed by atoms with van der Waals surface area (Å²) in [6.07, 6.45) is 4.60. The second-order valence-electron chi connectivity index (χ2n) is 11.1. The minimum absolute atomic E-state index is 0.0648. The molecule has 0 heterocycles. The molecule has 0 aromatic carbocycles. The van der Waals surface area contributed by atoms with E-state index < -0.39 is 17.5 Å². The highest BCUT2D eigenvalue weighted by atomic mass is 79.9. The number of carboxylic acid groups (broad SMARTS) is 1. The van der Waals surface area contributed by atoms with Crippen LogP contribution >= 0.6 is 15.9 Å². The molecular formula is C24H35BrO5. The summed E-state index contributed by atoms with van der Waals surface area (Å²) in [5, 5.41) is 19.5. The van der Waals surface area contributed by atoms with Gasteiger partial charge >= 0.3 is 5.97 Å². The van der Waals surface area contributed by atoms with E-state index in [4.69, 9.17) is 5.11 Å². The van der Waals surface area contributed by atoms with Crippen molar-refractivity contribution in [1.29, 1.82) is 0 Å². The molecule has 0 spiro atoms. The summed E-state index contributed by atoms with van der Waals surface area (Å²) in [5.74, 6) is 0.248. The van der Waals surface area contributed by atoms with Crippen molar-refractivity contribution in [3.05, 3.63) is 0 Å². The molecule has 6 heteroatoms. The van der Waals surface area contributed by atoms with Crippen molar-refractivity contribution in [2.75, 3.05) is 0 Å². The number of fused-ring (bicyclic) bond motifs is 5. The number of carboxylic acids is 1. The highest BCUT2D eigenvalue weighted by Gasteiger charge is 2.66. The Morgan fingerprint density at radius 1 is 1.13 bits per heavy atom. The number of aliphatic carboxylic acids is 1. The van der Waals surface area contributed by atoms with Crippen molar-refractivity contribution < 1.29 is 24.6 Å². The maximum absolute atomic E-state index is 13.7. The smallest absolute Gasteiger partial charge is 0.303 e. The molecule has 0 amide bonds. The monoisotopic (exact) mass is 482 g/mol. The average Bonchev–Trinajstić information content (AvgIpc) is 3.04. The lowest BCUT2D eigenvalue weighted by Crippen LogP contribution is -2.62. The molecule has 5 nitrogen and oxygen atoms in total. The molecule has 4 fully saturated rings. The zero-order chi connectivity index (χ0) is 22.0. The van der Waals surface area contributed by atoms with E-state index in [0.717, 1.165) is 19.3 Å². The number of aliphatic hydroxyl groups excluding tert-OH is 1. The van der Waals surface area contributed by atoms with Crippen LogP contribution in [-0.2, 0) is 14.4 Å². The van der Waals surface area contributed by atoms with Gasteiger partial charge in [-0.2, -0.15) is 0 Å². The molecule has 4 aliphatic rings. The summed E-state index contributed by atoms with van der Waals surface area (Å²) in [4.78, 5) is 38.1. The Morgan fingerprint density at radius 2 is 1.83 bits per heavy atom. The Balaban J connectivity index is 1.64. The van der Waals surface area contributed by atoms with Gasteiger partial charge < -0.3 is 10.2 Å². The summed E-state index contributed by atoms with van der Waals surface area (Å²) < 4.78 is 0. The first-order valence-corrected chi connectivity index (χ1v) is 12.5. The maximum atomic E-state index is 13.7. The molecule has 0 aromatic rings. The molecule has 168 valence electrons. The van der Waals surface area contributed by atoms with Crippen molar-refractivity contribution in [2.24, 2.45) is 46.3 Å². The van der Waals surface area contributed by atoms with E-state index in [2.05, 4.69) is 36.7 Å². The van der Waals surface area contributed by atoms with E-state index in [9.17, 15) is 19.5 Å². The van der Waals surface area contributed by atoms with E-state index in [0.29, 0.717) is 25.7 Å². The van der Waals surface area contributed by atoms with Gasteiger partial charge in [0.1, 0.15) is 11.6 Å². The van der Waals surface area contributed by atoms with Gasteiger partial charge in [0.25, 0.3) is 0 Å². The molecule has 2 N–H and O–H groups in total. The Kier molecular flexibility index (Phi) is 5.75. The topological polar surface area (TPSA) is 91.7 Å². The first-order chi connectivity index (χ1) is 14.0. The van der Waals surface area contributed by atoms with Crippen LogP contribution in [-0.4, -0.2) is 38.7 Å². The molecule has 10 atom stereocenters. The first-order valence-electron chi connectivity index (χ1n) is 11.6. The maximum Gasteiger partial charge on any atom is 0.303 e. The second-order valence-corrected chi connectivity index (χ2v) is 12.1. The zero-order valence-corrected chi connectivity index (χ0v) is 19.9. The predicted molar refractivity (Wildman–Crippen MR) is 116 cm³/mol. The van der Waals surface area contributed by atoms with Gasteiger partial charge in [-0.3, -0.25) is 14.4 Å². The minimum atomic E-state index is -0.790. The highest BCUT2D eigenvalue weighted by molar-refractivity contribution is 9.09. The lowest BCUT2D eigenvalue weighted by molar-refractivity contribution is -0.167. The third kappa shape index (κ3) is 3.15. The lowest BCUT2D eigenvalue weighted by Gasteiger charge is -2.60. The first kappa shape index (κ1) is 22.4. The van der Waals surface area contributed by atoms with Crippen molar-refractivity contribution in [3.8, 4) is 0 Å². The van der Waals surface area contributed by atoms with E-state index in [-0.39, 0.29) is 63.7 Å². The number of Topliss-reactive ketones (excluding diaryl/α,β-unsaturated/α-hetero) is 2. The lowest BCUT2D eigenvalue weighted by atomic mass is 9.43. The van der Waals surface area contributed by atoms with Gasteiger partial charge in [-0.25, -0.2) is 0 Å². The summed E-state index contributed by atoms with van der Waals surface area (Å²) in [7, 11) is 0. The molecular weight excluding hydrogens is 448 g/mol. The highest BCUT2D eigenvalue weighted by Crippen LogP contribution is 2.67. The standard InChI is InChI=1S/C24H35BrO5/c1-12(4-7-20(29)30)13-5-6-14-21-15(11-19(28)24(13,14)3)23(2)9-8-17(26)22(25)16(23)10-18(21)27/h12-17,21-22,26H,4-11H2,1-3H3,(H,29,30)/t12-,13-,14+,15+,16-,17-,21+,22-,23-,24-/m1/s1. The van der Waals surface area contributed by atoms with Gasteiger partial charge in [0.15, 0.2) is 0 Å². The van der Waals surface area contributed by atoms with Crippen LogP contribution < -0.4 is 0 Å². The van der Waals surface area contributed by atoms with Crippen LogP contribution in [0.3, 0.4) is 0 Å². The molecule has 0 aliphatic heterocycles. The zero-order valence-electron chi connectivity index (χ0n) is 18.3. The third-order valence-corrected chi connectivity index (χ3v) is 11.2. The predicted octanol–water partition coefficient (Wildman–Crippen LogP) is 4.24. The third-order valence-electron chi connectivity index (χ3n) is 9.92. The van der Waals surface area contributed by atoms with Crippen molar-refractivity contribution in [1.82, 2.24) is 0 Å². The number of ketones is 2. The molecule has 0 unspecified atom stereocenters. The minimum Gasteiger partial charge on any atom is -0.481 e. The van der Waals surface area contributed by atoms with Gasteiger partial charge in [-0.1, -0.05) is 36.7 Å². The molecule has 30 heavy (non-hydrogen) atoms. The molecule has 0 radical (unpaired) electrons. The largest absolute Gasteiger partial charge is 0.481 e. The Bertz CT molecular complexity index is 752. The van der Waals surface area contributed by atoms with Crippen LogP contribution in [0.15, 0.2) is 0 Å². The fourth-order valence-corrected chi connectivity index (χ4v) is 9.20. The van der Waals surface area contributed by atoms with Crippen LogP contribution in [0.25, 0.3) is 0 Å². The summed E-state index contributed by atoms with van der Waals surface area (Å²) in [5.41, 5.74) is -0.615. The normalized spacial score (nSPS) is 49.2. The summed E-state index contributed by atoms with van der Waals surface area (Å²) >= 11 is 3.68. The fourth-order valence-electron chi connectivity index (χ4n) is 8.14. The number of carbonyl (C=O) groups is 3. The summed E-state index contributed by atoms with van der Waals surface area (Å²) in [6, 6.07) is 0. The molecule has 4 saturated carbocycles. The van der Waals surface area contributed by atoms with Gasteiger partial charge in [-0.15, -0.1) is 0 Å².